The molecule has 0 bridgehead atoms. The summed E-state index contributed by atoms with van der Waals surface area (Å²) in [6.07, 6.45) is 6.52. The van der Waals surface area contributed by atoms with Crippen LogP contribution in [0.5, 0.6) is 0 Å². The molecule has 2 aromatic carbocycles. The van der Waals surface area contributed by atoms with E-state index < -0.39 is 5.79 Å². The van der Waals surface area contributed by atoms with Gasteiger partial charge in [-0.25, -0.2) is 9.67 Å². The number of benzene rings is 2. The van der Waals surface area contributed by atoms with E-state index in [2.05, 4.69) is 70.9 Å². The van der Waals surface area contributed by atoms with Gasteiger partial charge in [-0.3, -0.25) is 0 Å². The number of hydrogen-bond donors (Lipinski definition) is 1. The third-order valence-electron chi connectivity index (χ3n) is 5.89. The van der Waals surface area contributed by atoms with Gasteiger partial charge in [0, 0.05) is 26.2 Å². The zero-order chi connectivity index (χ0) is 24.7. The van der Waals surface area contributed by atoms with Crippen molar-refractivity contribution in [2.75, 3.05) is 14.2 Å². The third-order valence-corrected chi connectivity index (χ3v) is 5.89. The van der Waals surface area contributed by atoms with Crippen LogP contribution in [0.1, 0.15) is 50.3 Å². The fourth-order valence-electron chi connectivity index (χ4n) is 4.06. The first-order valence-electron chi connectivity index (χ1n) is 11.8. The van der Waals surface area contributed by atoms with Gasteiger partial charge in [-0.2, -0.15) is 5.21 Å². The highest BCUT2D eigenvalue weighted by molar-refractivity contribution is 5.80. The molecule has 0 aliphatic heterocycles. The number of nitrogens with zero attached hydrogens (tertiary/aromatic N) is 6. The van der Waals surface area contributed by atoms with E-state index >= 15 is 0 Å². The summed E-state index contributed by atoms with van der Waals surface area (Å²) in [5.74, 6) is 0.907. The monoisotopic (exact) mass is 473 g/mol. The van der Waals surface area contributed by atoms with Crippen molar-refractivity contribution in [1.82, 2.24) is 35.4 Å². The Balaban J connectivity index is 1.64. The van der Waals surface area contributed by atoms with Gasteiger partial charge in [-0.1, -0.05) is 74.9 Å². The quantitative estimate of drug-likeness (QED) is 0.311. The van der Waals surface area contributed by atoms with Crippen LogP contribution < -0.4 is 0 Å². The Hall–Kier alpha value is -3.69. The fraction of sp³-hybridized carbons (Fsp3) is 0.346. The van der Waals surface area contributed by atoms with Crippen LogP contribution >= 0.6 is 0 Å². The molecule has 2 aromatic heterocycles. The van der Waals surface area contributed by atoms with Crippen molar-refractivity contribution in [1.29, 1.82) is 0 Å². The molecule has 0 saturated carbocycles. The number of aromatic amines is 1. The lowest BCUT2D eigenvalue weighted by molar-refractivity contribution is -0.225. The van der Waals surface area contributed by atoms with Crippen LogP contribution in [0, 0.1) is 0 Å². The molecule has 4 aromatic rings. The molecule has 0 aliphatic carbocycles. The Morgan fingerprint density at radius 3 is 2.37 bits per heavy atom. The van der Waals surface area contributed by atoms with Gasteiger partial charge in [-0.15, -0.1) is 15.3 Å². The maximum atomic E-state index is 5.74. The second kappa shape index (κ2) is 11.2. The number of rotatable bonds is 11. The maximum Gasteiger partial charge on any atom is 0.231 e. The van der Waals surface area contributed by atoms with Gasteiger partial charge in [0.25, 0.3) is 0 Å². The molecule has 9 heteroatoms. The zero-order valence-electron chi connectivity index (χ0n) is 20.6. The van der Waals surface area contributed by atoms with E-state index in [1.165, 1.54) is 0 Å². The third kappa shape index (κ3) is 5.21. The first-order chi connectivity index (χ1) is 17.1. The molecular weight excluding hydrogens is 442 g/mol. The standard InChI is InChI=1S/C26H31N7O2/c1-5-7-12-23-27-25(26(34-3,35-4)17-6-2)30-33(23)18-19-13-15-20(16-14-19)21-10-8-9-11-22(21)24-28-31-32-29-24/h7-16H,5-6,17-18H2,1-4H3,(H,28,29,31,32). The van der Waals surface area contributed by atoms with Gasteiger partial charge in [0.1, 0.15) is 0 Å². The first-order valence-corrected chi connectivity index (χ1v) is 11.8. The maximum absolute atomic E-state index is 5.74. The lowest BCUT2D eigenvalue weighted by Gasteiger charge is -2.27. The average molecular weight is 474 g/mol. The van der Waals surface area contributed by atoms with E-state index in [-0.39, 0.29) is 0 Å². The van der Waals surface area contributed by atoms with Gasteiger partial charge in [0.2, 0.25) is 17.4 Å². The minimum Gasteiger partial charge on any atom is -0.347 e. The Kier molecular flexibility index (Phi) is 7.79. The largest absolute Gasteiger partial charge is 0.347 e. The van der Waals surface area contributed by atoms with Crippen molar-refractivity contribution in [3.05, 3.63) is 71.8 Å². The number of allylic oxidation sites excluding steroid dienone is 1. The van der Waals surface area contributed by atoms with Crippen molar-refractivity contribution < 1.29 is 9.47 Å². The number of aromatic nitrogens is 7. The van der Waals surface area contributed by atoms with E-state index in [0.29, 0.717) is 24.6 Å². The smallest absolute Gasteiger partial charge is 0.231 e. The molecule has 0 saturated heterocycles. The predicted molar refractivity (Wildman–Crippen MR) is 134 cm³/mol. The molecule has 0 unspecified atom stereocenters. The van der Waals surface area contributed by atoms with Crippen molar-refractivity contribution in [3.8, 4) is 22.5 Å². The van der Waals surface area contributed by atoms with E-state index in [4.69, 9.17) is 19.6 Å². The van der Waals surface area contributed by atoms with Gasteiger partial charge in [-0.05, 0) is 34.4 Å². The number of tetrazole rings is 1. The number of nitrogens with one attached hydrogen (secondary N) is 1. The Labute approximate surface area is 205 Å². The number of methoxy groups -OCH3 is 2. The molecule has 0 spiro atoms. The summed E-state index contributed by atoms with van der Waals surface area (Å²) in [6, 6.07) is 16.4. The van der Waals surface area contributed by atoms with Crippen molar-refractivity contribution in [3.63, 3.8) is 0 Å². The van der Waals surface area contributed by atoms with Gasteiger partial charge in [0.15, 0.2) is 5.82 Å². The van der Waals surface area contributed by atoms with E-state index in [9.17, 15) is 0 Å². The summed E-state index contributed by atoms with van der Waals surface area (Å²) in [5, 5.41) is 19.3. The average Bonchev–Trinajstić information content (AvgIpc) is 3.57. The second-order valence-corrected chi connectivity index (χ2v) is 8.15. The lowest BCUT2D eigenvalue weighted by atomic mass is 9.98. The highest BCUT2D eigenvalue weighted by Gasteiger charge is 2.36. The van der Waals surface area contributed by atoms with Gasteiger partial charge < -0.3 is 9.47 Å². The molecule has 2 heterocycles. The van der Waals surface area contributed by atoms with Crippen molar-refractivity contribution >= 4 is 6.08 Å². The predicted octanol–water partition coefficient (Wildman–Crippen LogP) is 4.84. The highest BCUT2D eigenvalue weighted by Crippen LogP contribution is 2.31. The minimum absolute atomic E-state index is 0.533. The summed E-state index contributed by atoms with van der Waals surface area (Å²) in [4.78, 5) is 4.77. The molecule has 1 N–H and O–H groups in total. The lowest BCUT2D eigenvalue weighted by Crippen LogP contribution is -2.32. The number of ether oxygens (including phenoxy) is 2. The van der Waals surface area contributed by atoms with E-state index in [1.807, 2.05) is 29.0 Å². The Morgan fingerprint density at radius 2 is 1.74 bits per heavy atom. The van der Waals surface area contributed by atoms with E-state index in [0.717, 1.165) is 40.9 Å². The van der Waals surface area contributed by atoms with Crippen LogP contribution in [0.4, 0.5) is 0 Å². The van der Waals surface area contributed by atoms with Crippen LogP contribution in [-0.2, 0) is 21.8 Å². The van der Waals surface area contributed by atoms with E-state index in [1.54, 1.807) is 14.2 Å². The molecule has 9 nitrogen and oxygen atoms in total. The van der Waals surface area contributed by atoms with Crippen molar-refractivity contribution in [2.45, 2.75) is 45.4 Å². The van der Waals surface area contributed by atoms with Crippen LogP contribution in [0.3, 0.4) is 0 Å². The van der Waals surface area contributed by atoms with Crippen molar-refractivity contribution in [2.24, 2.45) is 0 Å². The second-order valence-electron chi connectivity index (χ2n) is 8.15. The van der Waals surface area contributed by atoms with Crippen LogP contribution in [0.15, 0.2) is 54.6 Å². The molecule has 4 rings (SSSR count). The van der Waals surface area contributed by atoms with Crippen LogP contribution in [-0.4, -0.2) is 49.6 Å². The molecule has 35 heavy (non-hydrogen) atoms. The molecule has 0 aliphatic rings. The molecule has 0 atom stereocenters. The van der Waals surface area contributed by atoms with Crippen LogP contribution in [0.2, 0.25) is 0 Å². The molecule has 0 radical (unpaired) electrons. The van der Waals surface area contributed by atoms with Gasteiger partial charge in [0.05, 0.1) is 6.54 Å². The first kappa shape index (κ1) is 24.4. The zero-order valence-corrected chi connectivity index (χ0v) is 20.6. The number of H-pyrrole nitrogens is 1. The minimum atomic E-state index is -0.961. The summed E-state index contributed by atoms with van der Waals surface area (Å²) in [7, 11) is 3.26. The topological polar surface area (TPSA) is 104 Å². The highest BCUT2D eigenvalue weighted by atomic mass is 16.7. The summed E-state index contributed by atoms with van der Waals surface area (Å²) in [5.41, 5.74) is 4.14. The molecular formula is C26H31N7O2. The molecule has 182 valence electrons. The Bertz CT molecular complexity index is 1240. The fourth-order valence-corrected chi connectivity index (χ4v) is 4.06. The van der Waals surface area contributed by atoms with Gasteiger partial charge >= 0.3 is 0 Å². The molecule has 0 amide bonds. The Morgan fingerprint density at radius 1 is 1.00 bits per heavy atom. The number of hydrogen-bond acceptors (Lipinski definition) is 7. The molecule has 0 fully saturated rings. The summed E-state index contributed by atoms with van der Waals surface area (Å²) >= 11 is 0. The summed E-state index contributed by atoms with van der Waals surface area (Å²) in [6.45, 7) is 4.74. The summed E-state index contributed by atoms with van der Waals surface area (Å²) < 4.78 is 13.4. The normalized spacial score (nSPS) is 12.0. The SMILES string of the molecule is CCC=Cc1nc(C(CCC)(OC)OC)nn1Cc1ccc(-c2ccccc2-c2nn[nH]n2)cc1. The van der Waals surface area contributed by atoms with Crippen LogP contribution in [0.25, 0.3) is 28.6 Å².